The van der Waals surface area contributed by atoms with Gasteiger partial charge in [0.1, 0.15) is 0 Å². The maximum absolute atomic E-state index is 6.52. The molecule has 6 nitrogen and oxygen atoms in total. The molecule has 0 aliphatic heterocycles. The average molecular weight is 568 g/mol. The minimum atomic E-state index is -0.423. The number of pyridine rings is 2. The van der Waals surface area contributed by atoms with Crippen LogP contribution in [0.4, 0.5) is 5.82 Å². The van der Waals surface area contributed by atoms with Gasteiger partial charge in [-0.05, 0) is 0 Å². The summed E-state index contributed by atoms with van der Waals surface area (Å²) in [6.45, 7) is 6.34. The van der Waals surface area contributed by atoms with E-state index in [1.54, 1.807) is 26.6 Å². The van der Waals surface area contributed by atoms with Gasteiger partial charge in [0.2, 0.25) is 0 Å². The van der Waals surface area contributed by atoms with Crippen LogP contribution in [0.1, 0.15) is 23.6 Å². The number of methoxy groups -OCH3 is 2. The van der Waals surface area contributed by atoms with Crippen LogP contribution in [-0.4, -0.2) is 24.2 Å². The topological polar surface area (TPSA) is 65.5 Å². The van der Waals surface area contributed by atoms with Gasteiger partial charge < -0.3 is 0 Å². The normalized spacial score (nSPS) is 11.5. The minimum absolute atomic E-state index is 0.423. The van der Waals surface area contributed by atoms with E-state index in [1.807, 2.05) is 36.4 Å². The van der Waals surface area contributed by atoms with Crippen LogP contribution in [0.25, 0.3) is 16.5 Å². The predicted octanol–water partition coefficient (Wildman–Crippen LogP) is 3.53. The molecule has 0 aliphatic rings. The Hall–Kier alpha value is -3.33. The molecule has 0 unspecified atom stereocenters. The number of hydrogen-bond acceptors (Lipinski definition) is 6. The van der Waals surface area contributed by atoms with Crippen molar-refractivity contribution in [2.45, 2.75) is 20.8 Å². The van der Waals surface area contributed by atoms with Crippen molar-refractivity contribution in [3.63, 3.8) is 0 Å². The molecule has 2 aromatic heterocycles. The first-order chi connectivity index (χ1) is 16.5. The fourth-order valence-corrected chi connectivity index (χ4v) is 5.08. The summed E-state index contributed by atoms with van der Waals surface area (Å²) in [6.07, 6.45) is 3.54. The molecule has 0 saturated carbocycles. The second kappa shape index (κ2) is 10.7. The van der Waals surface area contributed by atoms with Gasteiger partial charge in [0.05, 0.1) is 0 Å². The van der Waals surface area contributed by atoms with Gasteiger partial charge in [-0.1, -0.05) is 0 Å². The van der Waals surface area contributed by atoms with Crippen molar-refractivity contribution in [3.8, 4) is 23.0 Å². The third kappa shape index (κ3) is 5.25. The Morgan fingerprint density at radius 2 is 1.62 bits per heavy atom. The van der Waals surface area contributed by atoms with E-state index in [1.165, 1.54) is 11.1 Å². The molecule has 4 rings (SSSR count). The summed E-state index contributed by atoms with van der Waals surface area (Å²) < 4.78 is 23.1. The number of benzene rings is 2. The van der Waals surface area contributed by atoms with Gasteiger partial charge in [-0.25, -0.2) is 0 Å². The first-order valence-electron chi connectivity index (χ1n) is 10.8. The monoisotopic (exact) mass is 568 g/mol. The van der Waals surface area contributed by atoms with E-state index in [-0.39, 0.29) is 0 Å². The number of rotatable bonds is 8. The Kier molecular flexibility index (Phi) is 7.52. The van der Waals surface area contributed by atoms with Crippen molar-refractivity contribution in [1.82, 2.24) is 9.97 Å². The van der Waals surface area contributed by atoms with E-state index in [4.69, 9.17) is 14.2 Å². The molecule has 4 aromatic rings. The van der Waals surface area contributed by atoms with Crippen LogP contribution >= 0.6 is 0 Å². The van der Waals surface area contributed by atoms with Crippen molar-refractivity contribution in [1.29, 1.82) is 0 Å². The van der Waals surface area contributed by atoms with Crippen LogP contribution in [0.2, 0.25) is 0 Å². The third-order valence-electron chi connectivity index (χ3n) is 5.48. The van der Waals surface area contributed by atoms with Crippen molar-refractivity contribution in [2.24, 2.45) is 0 Å². The molecule has 0 spiro atoms. The molecular weight excluding hydrogens is 541 g/mol. The second-order valence-electron chi connectivity index (χ2n) is 7.78. The van der Waals surface area contributed by atoms with E-state index in [2.05, 4.69) is 50.5 Å². The van der Waals surface area contributed by atoms with Crippen LogP contribution in [0.5, 0.6) is 23.0 Å². The van der Waals surface area contributed by atoms with E-state index < -0.39 is 21.5 Å². The molecule has 2 aromatic carbocycles. The van der Waals surface area contributed by atoms with Crippen LogP contribution in [0.15, 0.2) is 65.0 Å². The Morgan fingerprint density at radius 3 is 2.35 bits per heavy atom. The van der Waals surface area contributed by atoms with Crippen molar-refractivity contribution < 1.29 is 35.7 Å². The summed E-state index contributed by atoms with van der Waals surface area (Å²) in [5, 5.41) is 0.857. The van der Waals surface area contributed by atoms with E-state index >= 15 is 0 Å². The number of fused-ring (bicyclic) bond motifs is 1. The summed E-state index contributed by atoms with van der Waals surface area (Å²) in [6, 6.07) is 15.8. The van der Waals surface area contributed by atoms with E-state index in [9.17, 15) is 0 Å². The molecule has 2 heterocycles. The first-order valence-corrected chi connectivity index (χ1v) is 13.1. The fourth-order valence-electron chi connectivity index (χ4n) is 3.48. The zero-order chi connectivity index (χ0) is 24.1. The van der Waals surface area contributed by atoms with Crippen molar-refractivity contribution in [2.75, 3.05) is 17.7 Å². The molecule has 7 heteroatoms. The molecule has 0 fully saturated rings. The molecule has 0 saturated heterocycles. The SMILES string of the molecule is COc1cc2nccc(Oc3cc(C)c(C)cc3/C(C)=C\[I-]Nc3ccccn3)c2cc1OC. The van der Waals surface area contributed by atoms with Gasteiger partial charge in [-0.15, -0.1) is 0 Å². The molecule has 0 aliphatic carbocycles. The zero-order valence-electron chi connectivity index (χ0n) is 19.8. The van der Waals surface area contributed by atoms with Crippen LogP contribution < -0.4 is 39.2 Å². The predicted molar refractivity (Wildman–Crippen MR) is 132 cm³/mol. The molecule has 0 amide bonds. The molecular formula is C27H27IN3O3-. The summed E-state index contributed by atoms with van der Waals surface area (Å²) in [5.74, 6) is 3.68. The third-order valence-corrected chi connectivity index (χ3v) is 7.59. The summed E-state index contributed by atoms with van der Waals surface area (Å²) in [4.78, 5) is 8.83. The Labute approximate surface area is 210 Å². The standard InChI is InChI=1S/C27H27IN3O3/c1-17-12-20(19(3)16-28-31-27-8-6-7-10-30-27)24(13-18(17)2)34-23-9-11-29-22-15-26(33-5)25(32-4)14-21(22)23/h6-16H,1-5H3,(H,30,31)/q-1/b19-16-. The van der Waals surface area contributed by atoms with E-state index in [0.29, 0.717) is 17.2 Å². The van der Waals surface area contributed by atoms with Gasteiger partial charge in [-0.2, -0.15) is 0 Å². The molecule has 0 bridgehead atoms. The fraction of sp³-hybridized carbons (Fsp3) is 0.185. The number of nitrogens with one attached hydrogen (secondary N) is 1. The van der Waals surface area contributed by atoms with Crippen LogP contribution in [0, 0.1) is 13.8 Å². The number of allylic oxidation sites excluding steroid dienone is 1. The Balaban J connectivity index is 1.69. The summed E-state index contributed by atoms with van der Waals surface area (Å²) in [7, 11) is 3.24. The Morgan fingerprint density at radius 1 is 0.853 bits per heavy atom. The van der Waals surface area contributed by atoms with Gasteiger partial charge in [0, 0.05) is 0 Å². The van der Waals surface area contributed by atoms with Crippen molar-refractivity contribution >= 4 is 22.3 Å². The molecule has 0 radical (unpaired) electrons. The molecule has 34 heavy (non-hydrogen) atoms. The van der Waals surface area contributed by atoms with Gasteiger partial charge in [-0.3, -0.25) is 0 Å². The van der Waals surface area contributed by atoms with Gasteiger partial charge >= 0.3 is 211 Å². The number of nitrogens with zero attached hydrogens (tertiary/aromatic N) is 2. The number of aryl methyl sites for hydroxylation is 2. The van der Waals surface area contributed by atoms with Crippen molar-refractivity contribution in [3.05, 3.63) is 81.7 Å². The average Bonchev–Trinajstić information content (AvgIpc) is 2.86. The molecule has 176 valence electrons. The van der Waals surface area contributed by atoms with Crippen LogP contribution in [0.3, 0.4) is 0 Å². The summed E-state index contributed by atoms with van der Waals surface area (Å²) in [5.41, 5.74) is 5.39. The number of anilines is 1. The summed E-state index contributed by atoms with van der Waals surface area (Å²) >= 11 is -0.423. The van der Waals surface area contributed by atoms with Crippen LogP contribution in [-0.2, 0) is 0 Å². The zero-order valence-corrected chi connectivity index (χ0v) is 22.0. The quantitative estimate of drug-likeness (QED) is 0.259. The van der Waals surface area contributed by atoms with Gasteiger partial charge in [0.15, 0.2) is 0 Å². The van der Waals surface area contributed by atoms with Gasteiger partial charge in [0.25, 0.3) is 0 Å². The second-order valence-corrected chi connectivity index (χ2v) is 9.56. The number of halogens is 1. The number of hydrogen-bond donors (Lipinski definition) is 1. The maximum atomic E-state index is 6.52. The van der Waals surface area contributed by atoms with E-state index in [0.717, 1.165) is 33.6 Å². The first kappa shape index (κ1) is 23.8. The molecule has 0 atom stereocenters. The number of aromatic nitrogens is 2. The molecule has 1 N–H and O–H groups in total. The number of ether oxygens (including phenoxy) is 3. The Bertz CT molecular complexity index is 1340.